The third-order valence-corrected chi connectivity index (χ3v) is 3.51. The van der Waals surface area contributed by atoms with E-state index in [1.165, 1.54) is 6.07 Å². The van der Waals surface area contributed by atoms with Gasteiger partial charge in [0.25, 0.3) is 0 Å². The van der Waals surface area contributed by atoms with E-state index in [-0.39, 0.29) is 5.75 Å². The van der Waals surface area contributed by atoms with Crippen LogP contribution < -0.4 is 14.8 Å². The molecule has 6 heteroatoms. The van der Waals surface area contributed by atoms with Gasteiger partial charge in [-0.15, -0.1) is 0 Å². The van der Waals surface area contributed by atoms with Crippen molar-refractivity contribution in [1.82, 2.24) is 5.32 Å². The normalized spacial score (nSPS) is 10.8. The number of methoxy groups -OCH3 is 1. The van der Waals surface area contributed by atoms with Gasteiger partial charge in [0, 0.05) is 23.1 Å². The Kier molecular flexibility index (Phi) is 6.15. The highest BCUT2D eigenvalue weighted by Crippen LogP contribution is 2.25. The van der Waals surface area contributed by atoms with Gasteiger partial charge in [0.05, 0.1) is 7.11 Å². The second-order valence-electron chi connectivity index (χ2n) is 4.59. The fraction of sp³-hybridized carbons (Fsp3) is 0.250. The van der Waals surface area contributed by atoms with Crippen LogP contribution in [0.1, 0.15) is 11.1 Å². The molecule has 1 N–H and O–H groups in total. The van der Waals surface area contributed by atoms with Crippen LogP contribution in [0.25, 0.3) is 0 Å². The Labute approximate surface area is 136 Å². The molecule has 2 rings (SSSR count). The number of hydrogen-bond donors (Lipinski definition) is 1. The highest BCUT2D eigenvalue weighted by atomic mass is 79.9. The summed E-state index contributed by atoms with van der Waals surface area (Å²) >= 11 is 3.33. The SMILES string of the molecule is COc1cccc(CNCc2cc(Br)ccc2OC(F)F)c1. The number of benzene rings is 2. The fourth-order valence-electron chi connectivity index (χ4n) is 2.02. The van der Waals surface area contributed by atoms with Gasteiger partial charge in [-0.1, -0.05) is 28.1 Å². The van der Waals surface area contributed by atoms with Crippen molar-refractivity contribution in [1.29, 1.82) is 0 Å². The summed E-state index contributed by atoms with van der Waals surface area (Å²) in [5.74, 6) is 0.958. The Morgan fingerprint density at radius 1 is 1.14 bits per heavy atom. The van der Waals surface area contributed by atoms with E-state index in [2.05, 4.69) is 26.0 Å². The Morgan fingerprint density at radius 3 is 2.68 bits per heavy atom. The maximum Gasteiger partial charge on any atom is 0.387 e. The zero-order chi connectivity index (χ0) is 15.9. The maximum absolute atomic E-state index is 12.4. The molecule has 0 atom stereocenters. The van der Waals surface area contributed by atoms with Gasteiger partial charge in [-0.3, -0.25) is 0 Å². The zero-order valence-electron chi connectivity index (χ0n) is 12.0. The van der Waals surface area contributed by atoms with Crippen LogP contribution in [-0.4, -0.2) is 13.7 Å². The van der Waals surface area contributed by atoms with Crippen molar-refractivity contribution in [2.75, 3.05) is 7.11 Å². The van der Waals surface area contributed by atoms with E-state index in [9.17, 15) is 8.78 Å². The number of halogens is 3. The molecule has 2 aromatic carbocycles. The van der Waals surface area contributed by atoms with Crippen LogP contribution in [0.15, 0.2) is 46.9 Å². The largest absolute Gasteiger partial charge is 0.497 e. The number of rotatable bonds is 7. The van der Waals surface area contributed by atoms with Gasteiger partial charge < -0.3 is 14.8 Å². The third-order valence-electron chi connectivity index (χ3n) is 3.02. The predicted octanol–water partition coefficient (Wildman–Crippen LogP) is 4.35. The molecule has 0 radical (unpaired) electrons. The molecule has 0 saturated carbocycles. The monoisotopic (exact) mass is 371 g/mol. The van der Waals surface area contributed by atoms with Crippen molar-refractivity contribution in [2.24, 2.45) is 0 Å². The lowest BCUT2D eigenvalue weighted by Gasteiger charge is -2.12. The Balaban J connectivity index is 1.99. The summed E-state index contributed by atoms with van der Waals surface area (Å²) in [6, 6.07) is 12.6. The van der Waals surface area contributed by atoms with Crippen molar-refractivity contribution in [3.63, 3.8) is 0 Å². The molecule has 0 bridgehead atoms. The van der Waals surface area contributed by atoms with Crippen molar-refractivity contribution in [3.05, 3.63) is 58.1 Å². The van der Waals surface area contributed by atoms with E-state index in [1.807, 2.05) is 24.3 Å². The smallest absolute Gasteiger partial charge is 0.387 e. The maximum atomic E-state index is 12.4. The molecule has 0 aliphatic heterocycles. The molecule has 3 nitrogen and oxygen atoms in total. The molecule has 0 spiro atoms. The first-order valence-electron chi connectivity index (χ1n) is 6.65. The zero-order valence-corrected chi connectivity index (χ0v) is 13.6. The summed E-state index contributed by atoms with van der Waals surface area (Å²) in [5, 5.41) is 3.21. The molecule has 0 aliphatic rings. The topological polar surface area (TPSA) is 30.5 Å². The molecule has 0 unspecified atom stereocenters. The summed E-state index contributed by atoms with van der Waals surface area (Å²) in [4.78, 5) is 0. The average molecular weight is 372 g/mol. The van der Waals surface area contributed by atoms with Crippen LogP contribution in [0, 0.1) is 0 Å². The Morgan fingerprint density at radius 2 is 1.95 bits per heavy atom. The lowest BCUT2D eigenvalue weighted by Crippen LogP contribution is -2.14. The summed E-state index contributed by atoms with van der Waals surface area (Å²) in [7, 11) is 1.61. The van der Waals surface area contributed by atoms with Gasteiger partial charge in [0.1, 0.15) is 11.5 Å². The van der Waals surface area contributed by atoms with Gasteiger partial charge in [-0.2, -0.15) is 8.78 Å². The minimum atomic E-state index is -2.83. The molecule has 0 amide bonds. The number of alkyl halides is 2. The van der Waals surface area contributed by atoms with Gasteiger partial charge in [0.2, 0.25) is 0 Å². The van der Waals surface area contributed by atoms with E-state index in [1.54, 1.807) is 19.2 Å². The molecular formula is C16H16BrF2NO2. The fourth-order valence-corrected chi connectivity index (χ4v) is 2.43. The minimum absolute atomic E-state index is 0.177. The highest BCUT2D eigenvalue weighted by molar-refractivity contribution is 9.10. The lowest BCUT2D eigenvalue weighted by atomic mass is 10.2. The molecule has 2 aromatic rings. The van der Waals surface area contributed by atoms with Gasteiger partial charge in [-0.25, -0.2) is 0 Å². The number of ether oxygens (including phenoxy) is 2. The molecule has 0 aromatic heterocycles. The quantitative estimate of drug-likeness (QED) is 0.784. The van der Waals surface area contributed by atoms with E-state index in [4.69, 9.17) is 4.74 Å². The second kappa shape index (κ2) is 8.10. The predicted molar refractivity (Wildman–Crippen MR) is 84.3 cm³/mol. The summed E-state index contributed by atoms with van der Waals surface area (Å²) in [6.07, 6.45) is 0. The van der Waals surface area contributed by atoms with Gasteiger partial charge in [-0.05, 0) is 35.9 Å². The molecule has 0 saturated heterocycles. The number of nitrogens with one attached hydrogen (secondary N) is 1. The Bertz CT molecular complexity index is 623. The van der Waals surface area contributed by atoms with Crippen LogP contribution in [-0.2, 0) is 13.1 Å². The van der Waals surface area contributed by atoms with Crippen molar-refractivity contribution >= 4 is 15.9 Å². The van der Waals surface area contributed by atoms with E-state index in [0.29, 0.717) is 18.7 Å². The first-order valence-corrected chi connectivity index (χ1v) is 7.44. The van der Waals surface area contributed by atoms with E-state index in [0.717, 1.165) is 15.8 Å². The first-order chi connectivity index (χ1) is 10.6. The van der Waals surface area contributed by atoms with Crippen LogP contribution in [0.5, 0.6) is 11.5 Å². The molecule has 22 heavy (non-hydrogen) atoms. The molecule has 0 aliphatic carbocycles. The van der Waals surface area contributed by atoms with Crippen molar-refractivity contribution in [2.45, 2.75) is 19.7 Å². The molecular weight excluding hydrogens is 356 g/mol. The summed E-state index contributed by atoms with van der Waals surface area (Å²) in [6.45, 7) is -1.82. The first kappa shape index (κ1) is 16.7. The lowest BCUT2D eigenvalue weighted by molar-refractivity contribution is -0.0505. The standard InChI is InChI=1S/C16H16BrF2NO2/c1-21-14-4-2-3-11(7-14)9-20-10-12-8-13(17)5-6-15(12)22-16(18)19/h2-8,16,20H,9-10H2,1H3. The molecule has 118 valence electrons. The van der Waals surface area contributed by atoms with Crippen molar-refractivity contribution in [3.8, 4) is 11.5 Å². The van der Waals surface area contributed by atoms with Crippen molar-refractivity contribution < 1.29 is 18.3 Å². The average Bonchev–Trinajstić information content (AvgIpc) is 2.50. The Hall–Kier alpha value is -1.66. The molecule has 0 heterocycles. The summed E-state index contributed by atoms with van der Waals surface area (Å²) in [5.41, 5.74) is 1.71. The second-order valence-corrected chi connectivity index (χ2v) is 5.50. The van der Waals surface area contributed by atoms with Crippen LogP contribution in [0.4, 0.5) is 8.78 Å². The summed E-state index contributed by atoms with van der Waals surface area (Å²) < 4.78 is 35.3. The van der Waals surface area contributed by atoms with E-state index >= 15 is 0 Å². The van der Waals surface area contributed by atoms with E-state index < -0.39 is 6.61 Å². The highest BCUT2D eigenvalue weighted by Gasteiger charge is 2.10. The van der Waals surface area contributed by atoms with Crippen LogP contribution in [0.2, 0.25) is 0 Å². The number of hydrogen-bond acceptors (Lipinski definition) is 3. The third kappa shape index (κ3) is 4.96. The van der Waals surface area contributed by atoms with Gasteiger partial charge >= 0.3 is 6.61 Å². The van der Waals surface area contributed by atoms with Crippen LogP contribution >= 0.6 is 15.9 Å². The van der Waals surface area contributed by atoms with Gasteiger partial charge in [0.15, 0.2) is 0 Å². The van der Waals surface area contributed by atoms with Crippen LogP contribution in [0.3, 0.4) is 0 Å². The minimum Gasteiger partial charge on any atom is -0.497 e. The molecule has 0 fully saturated rings.